The lowest BCUT2D eigenvalue weighted by molar-refractivity contribution is -0.141. The first kappa shape index (κ1) is 20.5. The molecule has 0 aromatic heterocycles. The first-order valence-electron chi connectivity index (χ1n) is 11.1. The number of ether oxygens (including phenoxy) is 1. The number of aliphatic carboxylic acids is 1. The lowest BCUT2D eigenvalue weighted by atomic mass is 9.98. The van der Waals surface area contributed by atoms with Gasteiger partial charge in [0.2, 0.25) is 5.91 Å². The van der Waals surface area contributed by atoms with Gasteiger partial charge in [0.1, 0.15) is 6.61 Å². The summed E-state index contributed by atoms with van der Waals surface area (Å²) < 4.78 is 5.54. The van der Waals surface area contributed by atoms with Crippen LogP contribution in [-0.2, 0) is 14.3 Å². The summed E-state index contributed by atoms with van der Waals surface area (Å²) >= 11 is 0. The highest BCUT2D eigenvalue weighted by molar-refractivity contribution is 5.81. The van der Waals surface area contributed by atoms with Crippen molar-refractivity contribution in [2.24, 2.45) is 17.8 Å². The minimum atomic E-state index is -0.766. The Morgan fingerprint density at radius 2 is 1.59 bits per heavy atom. The fourth-order valence-electron chi connectivity index (χ4n) is 5.38. The zero-order chi connectivity index (χ0) is 22.4. The number of hydrogen-bond acceptors (Lipinski definition) is 4. The first-order valence-corrected chi connectivity index (χ1v) is 11.1. The monoisotopic (exact) mass is 434 g/mol. The number of likely N-dealkylation sites (tertiary alicyclic amines) is 1. The van der Waals surface area contributed by atoms with Crippen LogP contribution in [0.2, 0.25) is 0 Å². The summed E-state index contributed by atoms with van der Waals surface area (Å²) in [5.41, 5.74) is 4.64. The van der Waals surface area contributed by atoms with Crippen LogP contribution in [-0.4, -0.2) is 53.7 Å². The van der Waals surface area contributed by atoms with E-state index in [9.17, 15) is 14.4 Å². The van der Waals surface area contributed by atoms with E-state index < -0.39 is 12.1 Å². The molecule has 0 radical (unpaired) electrons. The Labute approximate surface area is 186 Å². The molecule has 32 heavy (non-hydrogen) atoms. The molecule has 1 saturated heterocycles. The fraction of sp³-hybridized carbons (Fsp3) is 0.400. The van der Waals surface area contributed by atoms with Crippen LogP contribution in [0, 0.1) is 17.8 Å². The summed E-state index contributed by atoms with van der Waals surface area (Å²) in [5.74, 6) is -0.965. The number of alkyl carbamates (subject to hydrolysis) is 1. The van der Waals surface area contributed by atoms with Crippen molar-refractivity contribution in [1.29, 1.82) is 0 Å². The van der Waals surface area contributed by atoms with E-state index in [1.807, 2.05) is 24.3 Å². The predicted molar refractivity (Wildman–Crippen MR) is 117 cm³/mol. The molecule has 7 nitrogen and oxygen atoms in total. The SMILES string of the molecule is C[C@H](CC(=O)N1C[C@@H]2C(C(=O)O)[C@@H]2C1)NC(=O)OCC1c2ccccc2-c2ccccc21. The molecule has 3 aliphatic rings. The van der Waals surface area contributed by atoms with E-state index in [0.29, 0.717) is 13.1 Å². The van der Waals surface area contributed by atoms with Crippen molar-refractivity contribution in [3.8, 4) is 11.1 Å². The van der Waals surface area contributed by atoms with Crippen LogP contribution in [0.4, 0.5) is 4.79 Å². The topological polar surface area (TPSA) is 95.9 Å². The van der Waals surface area contributed by atoms with Gasteiger partial charge in [-0.15, -0.1) is 0 Å². The van der Waals surface area contributed by atoms with Crippen LogP contribution in [0.15, 0.2) is 48.5 Å². The molecule has 2 amide bonds. The van der Waals surface area contributed by atoms with Gasteiger partial charge in [0.25, 0.3) is 0 Å². The molecular weight excluding hydrogens is 408 g/mol. The normalized spacial score (nSPS) is 23.7. The summed E-state index contributed by atoms with van der Waals surface area (Å²) in [6.45, 7) is 3.00. The average Bonchev–Trinajstić information content (AvgIpc) is 3.13. The summed E-state index contributed by atoms with van der Waals surface area (Å²) in [5, 5.41) is 11.9. The molecule has 166 valence electrons. The van der Waals surface area contributed by atoms with Gasteiger partial charge in [-0.25, -0.2) is 4.79 Å². The predicted octanol–water partition coefficient (Wildman–Crippen LogP) is 3.09. The molecule has 1 unspecified atom stereocenters. The minimum Gasteiger partial charge on any atom is -0.481 e. The van der Waals surface area contributed by atoms with Gasteiger partial charge >= 0.3 is 12.1 Å². The van der Waals surface area contributed by atoms with Gasteiger partial charge in [-0.3, -0.25) is 9.59 Å². The smallest absolute Gasteiger partial charge is 0.407 e. The second-order valence-electron chi connectivity index (χ2n) is 9.07. The molecular formula is C25H26N2O5. The summed E-state index contributed by atoms with van der Waals surface area (Å²) in [6.07, 6.45) is -0.371. The van der Waals surface area contributed by atoms with Crippen molar-refractivity contribution in [2.75, 3.05) is 19.7 Å². The number of hydrogen-bond donors (Lipinski definition) is 2. The van der Waals surface area contributed by atoms with Crippen LogP contribution in [0.3, 0.4) is 0 Å². The molecule has 1 aliphatic heterocycles. The number of nitrogens with one attached hydrogen (secondary N) is 1. The standard InChI is InChI=1S/C25H26N2O5/c1-14(10-22(28)27-11-19-20(12-27)23(19)24(29)30)26-25(31)32-13-21-17-8-4-2-6-15(17)16-7-3-5-9-18(16)21/h2-9,14,19-21,23H,10-13H2,1H3,(H,26,31)(H,29,30)/t14-,19-,20+,23?/m1/s1. The lowest BCUT2D eigenvalue weighted by Crippen LogP contribution is -2.40. The minimum absolute atomic E-state index is 0.0106. The molecule has 2 aromatic rings. The van der Waals surface area contributed by atoms with Crippen LogP contribution in [0.1, 0.15) is 30.4 Å². The Morgan fingerprint density at radius 1 is 1.03 bits per heavy atom. The van der Waals surface area contributed by atoms with Crippen LogP contribution in [0.25, 0.3) is 11.1 Å². The van der Waals surface area contributed by atoms with Crippen LogP contribution >= 0.6 is 0 Å². The maximum Gasteiger partial charge on any atom is 0.407 e. The maximum absolute atomic E-state index is 12.5. The highest BCUT2D eigenvalue weighted by Gasteiger charge is 2.60. The molecule has 4 atom stereocenters. The van der Waals surface area contributed by atoms with Gasteiger partial charge in [-0.1, -0.05) is 48.5 Å². The van der Waals surface area contributed by atoms with Crippen molar-refractivity contribution in [3.05, 3.63) is 59.7 Å². The number of nitrogens with zero attached hydrogens (tertiary/aromatic N) is 1. The van der Waals surface area contributed by atoms with Crippen molar-refractivity contribution in [1.82, 2.24) is 10.2 Å². The van der Waals surface area contributed by atoms with Gasteiger partial charge in [-0.05, 0) is 41.0 Å². The number of amides is 2. The number of carboxylic acid groups (broad SMARTS) is 1. The molecule has 5 rings (SSSR count). The van der Waals surface area contributed by atoms with E-state index in [-0.39, 0.29) is 48.6 Å². The summed E-state index contributed by atoms with van der Waals surface area (Å²) in [4.78, 5) is 37.7. The fourth-order valence-corrected chi connectivity index (χ4v) is 5.38. The maximum atomic E-state index is 12.5. The van der Waals surface area contributed by atoms with Gasteiger partial charge in [0.05, 0.1) is 5.92 Å². The number of carbonyl (C=O) groups excluding carboxylic acids is 2. The van der Waals surface area contributed by atoms with E-state index in [1.165, 1.54) is 11.1 Å². The van der Waals surface area contributed by atoms with Crippen LogP contribution < -0.4 is 5.32 Å². The van der Waals surface area contributed by atoms with E-state index in [2.05, 4.69) is 29.6 Å². The quantitative estimate of drug-likeness (QED) is 0.728. The van der Waals surface area contributed by atoms with E-state index in [4.69, 9.17) is 9.84 Å². The summed E-state index contributed by atoms with van der Waals surface area (Å²) in [7, 11) is 0. The number of fused-ring (bicyclic) bond motifs is 4. The Balaban J connectivity index is 1.12. The molecule has 2 aliphatic carbocycles. The number of piperidine rings is 1. The molecule has 2 fully saturated rings. The van der Waals surface area contributed by atoms with Gasteiger partial charge < -0.3 is 20.1 Å². The Hall–Kier alpha value is -3.35. The third-order valence-electron chi connectivity index (χ3n) is 7.02. The molecule has 1 heterocycles. The van der Waals surface area contributed by atoms with E-state index in [1.54, 1.807) is 11.8 Å². The van der Waals surface area contributed by atoms with Crippen molar-refractivity contribution >= 4 is 18.0 Å². The molecule has 1 saturated carbocycles. The molecule has 2 aromatic carbocycles. The second-order valence-corrected chi connectivity index (χ2v) is 9.07. The number of carbonyl (C=O) groups is 3. The number of benzene rings is 2. The van der Waals surface area contributed by atoms with Crippen molar-refractivity contribution in [3.63, 3.8) is 0 Å². The average molecular weight is 434 g/mol. The lowest BCUT2D eigenvalue weighted by Gasteiger charge is -2.22. The third kappa shape index (κ3) is 3.61. The third-order valence-corrected chi connectivity index (χ3v) is 7.02. The van der Waals surface area contributed by atoms with Gasteiger partial charge in [-0.2, -0.15) is 0 Å². The molecule has 2 N–H and O–H groups in total. The van der Waals surface area contributed by atoms with Crippen molar-refractivity contribution in [2.45, 2.75) is 25.3 Å². The molecule has 0 spiro atoms. The zero-order valence-corrected chi connectivity index (χ0v) is 17.9. The van der Waals surface area contributed by atoms with E-state index >= 15 is 0 Å². The van der Waals surface area contributed by atoms with E-state index in [0.717, 1.165) is 11.1 Å². The Morgan fingerprint density at radius 3 is 2.16 bits per heavy atom. The molecule has 7 heteroatoms. The van der Waals surface area contributed by atoms with Gasteiger partial charge in [0.15, 0.2) is 0 Å². The highest BCUT2D eigenvalue weighted by Crippen LogP contribution is 2.51. The summed E-state index contributed by atoms with van der Waals surface area (Å²) in [6, 6.07) is 15.9. The second kappa shape index (κ2) is 7.97. The highest BCUT2D eigenvalue weighted by atomic mass is 16.5. The Bertz CT molecular complexity index is 1030. The largest absolute Gasteiger partial charge is 0.481 e. The van der Waals surface area contributed by atoms with Crippen LogP contribution in [0.5, 0.6) is 0 Å². The van der Waals surface area contributed by atoms with Crippen molar-refractivity contribution < 1.29 is 24.2 Å². The number of carboxylic acids is 1. The van der Waals surface area contributed by atoms with Gasteiger partial charge in [0, 0.05) is 31.5 Å². The first-order chi connectivity index (χ1) is 15.4. The number of rotatable bonds is 6. The Kier molecular flexibility index (Phi) is 5.12. The molecule has 0 bridgehead atoms. The zero-order valence-electron chi connectivity index (χ0n) is 17.9.